The third-order valence-electron chi connectivity index (χ3n) is 3.01. The van der Waals surface area contributed by atoms with Gasteiger partial charge in [0.2, 0.25) is 0 Å². The number of hydrogen-bond donors (Lipinski definition) is 2. The number of benzene rings is 2. The van der Waals surface area contributed by atoms with E-state index < -0.39 is 10.0 Å². The van der Waals surface area contributed by atoms with E-state index in [-0.39, 0.29) is 4.90 Å². The van der Waals surface area contributed by atoms with Gasteiger partial charge in [0.1, 0.15) is 0 Å². The van der Waals surface area contributed by atoms with Crippen LogP contribution in [0.3, 0.4) is 0 Å². The molecule has 0 atom stereocenters. The predicted octanol–water partition coefficient (Wildman–Crippen LogP) is 3.18. The average molecular weight is 304 g/mol. The molecule has 0 saturated carbocycles. The first kappa shape index (κ1) is 15.5. The van der Waals surface area contributed by atoms with Crippen molar-refractivity contribution >= 4 is 20.8 Å². The molecule has 0 aliphatic heterocycles. The largest absolute Gasteiger partial charge is 0.313 e. The molecule has 0 bridgehead atoms. The van der Waals surface area contributed by atoms with Crippen molar-refractivity contribution in [1.82, 2.24) is 10.3 Å². The lowest BCUT2D eigenvalue weighted by Crippen LogP contribution is -2.36. The third kappa shape index (κ3) is 3.83. The van der Waals surface area contributed by atoms with Crippen molar-refractivity contribution in [3.8, 4) is 0 Å². The van der Waals surface area contributed by atoms with Gasteiger partial charge in [-0.1, -0.05) is 56.3 Å². The van der Waals surface area contributed by atoms with E-state index in [0.29, 0.717) is 11.3 Å². The normalized spacial score (nSPS) is 12.9. The van der Waals surface area contributed by atoms with Crippen molar-refractivity contribution in [2.45, 2.75) is 25.7 Å². The van der Waals surface area contributed by atoms with Gasteiger partial charge in [-0.3, -0.25) is 0 Å². The molecular formula is C16H20N2O2S. The molecule has 0 fully saturated rings. The second-order valence-electron chi connectivity index (χ2n) is 5.30. The highest BCUT2D eigenvalue weighted by molar-refractivity contribution is 7.89. The molecule has 2 rings (SSSR count). The molecule has 0 heterocycles. The molecule has 2 N–H and O–H groups in total. The molecule has 0 spiro atoms. The Labute approximate surface area is 125 Å². The van der Waals surface area contributed by atoms with Crippen LogP contribution in [0.5, 0.6) is 0 Å². The van der Waals surface area contributed by atoms with Gasteiger partial charge in [0, 0.05) is 11.1 Å². The molecule has 0 aliphatic rings. The van der Waals surface area contributed by atoms with Crippen LogP contribution < -0.4 is 10.3 Å². The summed E-state index contributed by atoms with van der Waals surface area (Å²) in [4.78, 5) is 2.70. The molecule has 21 heavy (non-hydrogen) atoms. The minimum absolute atomic E-state index is 0.269. The summed E-state index contributed by atoms with van der Waals surface area (Å²) in [5, 5.41) is 1.61. The van der Waals surface area contributed by atoms with Gasteiger partial charge in [0.05, 0.1) is 4.90 Å². The van der Waals surface area contributed by atoms with Crippen LogP contribution in [0.1, 0.15) is 20.8 Å². The lowest BCUT2D eigenvalue weighted by atomic mass is 10.1. The van der Waals surface area contributed by atoms with Crippen LogP contribution >= 0.6 is 0 Å². The van der Waals surface area contributed by atoms with Crippen LogP contribution in [0.2, 0.25) is 0 Å². The van der Waals surface area contributed by atoms with E-state index in [4.69, 9.17) is 0 Å². The molecule has 5 heteroatoms. The van der Waals surface area contributed by atoms with Crippen molar-refractivity contribution < 1.29 is 8.42 Å². The number of nitrogens with one attached hydrogen (secondary N) is 2. The SMILES string of the molecule is CC(=CC(C)C)NNS(=O)(=O)c1cccc2ccccc12. The zero-order valence-corrected chi connectivity index (χ0v) is 13.2. The predicted molar refractivity (Wildman–Crippen MR) is 86.0 cm³/mol. The lowest BCUT2D eigenvalue weighted by Gasteiger charge is -2.12. The summed E-state index contributed by atoms with van der Waals surface area (Å²) in [6.45, 7) is 5.89. The smallest absolute Gasteiger partial charge is 0.257 e. The van der Waals surface area contributed by atoms with Crippen LogP contribution in [0.4, 0.5) is 0 Å². The summed E-state index contributed by atoms with van der Waals surface area (Å²) in [5.74, 6) is 0.347. The molecule has 0 amide bonds. The number of hydrogen-bond acceptors (Lipinski definition) is 3. The molecule has 2 aromatic carbocycles. The van der Waals surface area contributed by atoms with E-state index in [0.717, 1.165) is 11.1 Å². The Morgan fingerprint density at radius 3 is 2.48 bits per heavy atom. The van der Waals surface area contributed by atoms with Crippen molar-refractivity contribution in [3.05, 3.63) is 54.2 Å². The summed E-state index contributed by atoms with van der Waals surface area (Å²) in [6, 6.07) is 12.7. The summed E-state index contributed by atoms with van der Waals surface area (Å²) in [5.41, 5.74) is 3.51. The maximum absolute atomic E-state index is 12.4. The number of rotatable bonds is 5. The van der Waals surface area contributed by atoms with Crippen molar-refractivity contribution in [2.24, 2.45) is 5.92 Å². The molecular weight excluding hydrogens is 284 g/mol. The summed E-state index contributed by atoms with van der Waals surface area (Å²) in [6.07, 6.45) is 1.95. The zero-order valence-electron chi connectivity index (χ0n) is 12.4. The third-order valence-corrected chi connectivity index (χ3v) is 4.31. The highest BCUT2D eigenvalue weighted by Crippen LogP contribution is 2.22. The van der Waals surface area contributed by atoms with Gasteiger partial charge >= 0.3 is 0 Å². The molecule has 0 aromatic heterocycles. The van der Waals surface area contributed by atoms with E-state index in [1.165, 1.54) is 0 Å². The molecule has 0 saturated heterocycles. The standard InChI is InChI=1S/C16H20N2O2S/c1-12(2)11-13(3)17-18-21(19,20)16-10-6-8-14-7-4-5-9-15(14)16/h4-12,17-18H,1-3H3. The summed E-state index contributed by atoms with van der Waals surface area (Å²) in [7, 11) is -3.62. The first-order chi connectivity index (χ1) is 9.90. The van der Waals surface area contributed by atoms with Gasteiger partial charge in [0.25, 0.3) is 10.0 Å². The molecule has 0 aliphatic carbocycles. The fraction of sp³-hybridized carbons (Fsp3) is 0.250. The van der Waals surface area contributed by atoms with Gasteiger partial charge in [0.15, 0.2) is 0 Å². The van der Waals surface area contributed by atoms with Gasteiger partial charge in [-0.25, -0.2) is 8.42 Å². The maximum atomic E-state index is 12.4. The van der Waals surface area contributed by atoms with Crippen molar-refractivity contribution in [2.75, 3.05) is 0 Å². The van der Waals surface area contributed by atoms with E-state index in [1.54, 1.807) is 18.2 Å². The minimum atomic E-state index is -3.62. The first-order valence-electron chi connectivity index (χ1n) is 6.84. The van der Waals surface area contributed by atoms with Crippen molar-refractivity contribution in [3.63, 3.8) is 0 Å². The molecule has 0 radical (unpaired) electrons. The van der Waals surface area contributed by atoms with Gasteiger partial charge in [-0.2, -0.15) is 0 Å². The quantitative estimate of drug-likeness (QED) is 0.834. The van der Waals surface area contributed by atoms with E-state index in [9.17, 15) is 8.42 Å². The van der Waals surface area contributed by atoms with Crippen LogP contribution in [-0.2, 0) is 10.0 Å². The van der Waals surface area contributed by atoms with Crippen LogP contribution in [-0.4, -0.2) is 8.42 Å². The van der Waals surface area contributed by atoms with E-state index in [2.05, 4.69) is 10.3 Å². The Hall–Kier alpha value is -1.85. The maximum Gasteiger partial charge on any atom is 0.257 e. The fourth-order valence-corrected chi connectivity index (χ4v) is 3.31. The van der Waals surface area contributed by atoms with Crippen LogP contribution in [0.15, 0.2) is 59.1 Å². The fourth-order valence-electron chi connectivity index (χ4n) is 2.17. The number of sulfonamides is 1. The second-order valence-corrected chi connectivity index (χ2v) is 6.95. The highest BCUT2D eigenvalue weighted by atomic mass is 32.2. The van der Waals surface area contributed by atoms with Gasteiger partial charge < -0.3 is 5.43 Å². The zero-order chi connectivity index (χ0) is 15.5. The molecule has 2 aromatic rings. The minimum Gasteiger partial charge on any atom is -0.313 e. The average Bonchev–Trinajstić information content (AvgIpc) is 2.44. The van der Waals surface area contributed by atoms with Gasteiger partial charge in [-0.05, 0) is 24.3 Å². The number of fused-ring (bicyclic) bond motifs is 1. The second kappa shape index (κ2) is 6.28. The summed E-state index contributed by atoms with van der Waals surface area (Å²) >= 11 is 0. The monoisotopic (exact) mass is 304 g/mol. The number of hydrazine groups is 1. The van der Waals surface area contributed by atoms with E-state index >= 15 is 0 Å². The molecule has 0 unspecified atom stereocenters. The summed E-state index contributed by atoms with van der Waals surface area (Å²) < 4.78 is 24.9. The highest BCUT2D eigenvalue weighted by Gasteiger charge is 2.16. The van der Waals surface area contributed by atoms with E-state index in [1.807, 2.05) is 51.1 Å². The Bertz CT molecular complexity index is 759. The molecule has 4 nitrogen and oxygen atoms in total. The molecule has 112 valence electrons. The van der Waals surface area contributed by atoms with Crippen LogP contribution in [0.25, 0.3) is 10.8 Å². The number of allylic oxidation sites excluding steroid dienone is 2. The van der Waals surface area contributed by atoms with Crippen LogP contribution in [0, 0.1) is 5.92 Å². The Morgan fingerprint density at radius 1 is 1.10 bits per heavy atom. The lowest BCUT2D eigenvalue weighted by molar-refractivity contribution is 0.570. The first-order valence-corrected chi connectivity index (χ1v) is 8.32. The Kier molecular flexibility index (Phi) is 4.65. The topological polar surface area (TPSA) is 58.2 Å². The Morgan fingerprint density at radius 2 is 1.76 bits per heavy atom. The van der Waals surface area contributed by atoms with Crippen molar-refractivity contribution in [1.29, 1.82) is 0 Å². The Balaban J connectivity index is 2.31. The van der Waals surface area contributed by atoms with Gasteiger partial charge in [-0.15, -0.1) is 4.83 Å².